The van der Waals surface area contributed by atoms with Crippen LogP contribution in [0.25, 0.3) is 11.2 Å². The SMILES string of the molecule is CCCC(=O)Cn1c(=O)c2c(ncn2C)n(C)c1=O. The maximum absolute atomic E-state index is 12.3. The van der Waals surface area contributed by atoms with Gasteiger partial charge >= 0.3 is 5.69 Å². The summed E-state index contributed by atoms with van der Waals surface area (Å²) >= 11 is 0. The van der Waals surface area contributed by atoms with Crippen LogP contribution in [0.2, 0.25) is 0 Å². The second kappa shape index (κ2) is 4.83. The predicted octanol–water partition coefficient (Wildman–Crippen LogP) is -0.197. The number of carbonyl (C=O) groups excluding carboxylic acids is 1. The van der Waals surface area contributed by atoms with Crippen LogP contribution in [-0.2, 0) is 25.4 Å². The number of hydrogen-bond donors (Lipinski definition) is 0. The van der Waals surface area contributed by atoms with Crippen molar-refractivity contribution in [1.82, 2.24) is 18.7 Å². The monoisotopic (exact) mass is 264 g/mol. The van der Waals surface area contributed by atoms with Crippen molar-refractivity contribution >= 4 is 16.9 Å². The number of nitrogens with zero attached hydrogens (tertiary/aromatic N) is 4. The van der Waals surface area contributed by atoms with Gasteiger partial charge in [-0.15, -0.1) is 0 Å². The van der Waals surface area contributed by atoms with Crippen LogP contribution in [0.4, 0.5) is 0 Å². The fourth-order valence-electron chi connectivity index (χ4n) is 2.07. The highest BCUT2D eigenvalue weighted by atomic mass is 16.2. The van der Waals surface area contributed by atoms with E-state index < -0.39 is 11.2 Å². The highest BCUT2D eigenvalue weighted by molar-refractivity contribution is 5.78. The van der Waals surface area contributed by atoms with Gasteiger partial charge in [-0.1, -0.05) is 6.92 Å². The Labute approximate surface area is 109 Å². The molecule has 2 aromatic heterocycles. The molecule has 0 fully saturated rings. The fourth-order valence-corrected chi connectivity index (χ4v) is 2.07. The Kier molecular flexibility index (Phi) is 3.37. The summed E-state index contributed by atoms with van der Waals surface area (Å²) in [7, 11) is 3.22. The van der Waals surface area contributed by atoms with E-state index >= 15 is 0 Å². The maximum Gasteiger partial charge on any atom is 0.332 e. The molecule has 7 nitrogen and oxygen atoms in total. The normalized spacial score (nSPS) is 11.1. The van der Waals surface area contributed by atoms with E-state index in [1.807, 2.05) is 6.92 Å². The molecule has 0 aromatic carbocycles. The summed E-state index contributed by atoms with van der Waals surface area (Å²) in [5, 5.41) is 0. The second-order valence-electron chi connectivity index (χ2n) is 4.55. The van der Waals surface area contributed by atoms with Crippen LogP contribution in [0.5, 0.6) is 0 Å². The van der Waals surface area contributed by atoms with E-state index in [1.165, 1.54) is 17.9 Å². The minimum absolute atomic E-state index is 0.122. The molecule has 0 atom stereocenters. The number of aryl methyl sites for hydroxylation is 2. The predicted molar refractivity (Wildman–Crippen MR) is 70.1 cm³/mol. The van der Waals surface area contributed by atoms with Crippen molar-refractivity contribution in [1.29, 1.82) is 0 Å². The largest absolute Gasteiger partial charge is 0.332 e. The first kappa shape index (κ1) is 13.3. The topological polar surface area (TPSA) is 78.9 Å². The maximum atomic E-state index is 12.3. The molecule has 0 saturated carbocycles. The van der Waals surface area contributed by atoms with Crippen molar-refractivity contribution in [3.8, 4) is 0 Å². The molecule has 2 aromatic rings. The third-order valence-electron chi connectivity index (χ3n) is 3.06. The van der Waals surface area contributed by atoms with E-state index in [2.05, 4.69) is 4.98 Å². The molecule has 0 radical (unpaired) electrons. The molecule has 0 aliphatic rings. The van der Waals surface area contributed by atoms with Gasteiger partial charge in [-0.3, -0.25) is 18.7 Å². The van der Waals surface area contributed by atoms with E-state index in [9.17, 15) is 14.4 Å². The summed E-state index contributed by atoms with van der Waals surface area (Å²) in [4.78, 5) is 40.0. The van der Waals surface area contributed by atoms with Crippen LogP contribution in [0.1, 0.15) is 19.8 Å². The van der Waals surface area contributed by atoms with Crippen LogP contribution in [0.3, 0.4) is 0 Å². The minimum Gasteiger partial charge on any atom is -0.328 e. The van der Waals surface area contributed by atoms with Crippen molar-refractivity contribution in [3.05, 3.63) is 27.2 Å². The van der Waals surface area contributed by atoms with Crippen LogP contribution < -0.4 is 11.2 Å². The zero-order valence-electron chi connectivity index (χ0n) is 11.2. The first-order valence-corrected chi connectivity index (χ1v) is 6.10. The quantitative estimate of drug-likeness (QED) is 0.766. The molecule has 2 rings (SSSR count). The number of rotatable bonds is 4. The van der Waals surface area contributed by atoms with Gasteiger partial charge in [0.25, 0.3) is 5.56 Å². The standard InChI is InChI=1S/C12H16N4O3/c1-4-5-8(17)6-16-11(18)9-10(13-7-14(9)2)15(3)12(16)19/h7H,4-6H2,1-3H3. The molecule has 0 saturated heterocycles. The molecule has 0 aliphatic heterocycles. The van der Waals surface area contributed by atoms with Gasteiger partial charge < -0.3 is 4.57 Å². The van der Waals surface area contributed by atoms with Crippen molar-refractivity contribution in [2.45, 2.75) is 26.3 Å². The number of carbonyl (C=O) groups is 1. The van der Waals surface area contributed by atoms with Crippen molar-refractivity contribution in [3.63, 3.8) is 0 Å². The smallest absolute Gasteiger partial charge is 0.328 e. The molecule has 0 unspecified atom stereocenters. The van der Waals surface area contributed by atoms with Gasteiger partial charge in [0.2, 0.25) is 0 Å². The van der Waals surface area contributed by atoms with Crippen LogP contribution in [0, 0.1) is 0 Å². The Morgan fingerprint density at radius 1 is 1.32 bits per heavy atom. The number of fused-ring (bicyclic) bond motifs is 1. The van der Waals surface area contributed by atoms with Crippen molar-refractivity contribution in [2.24, 2.45) is 14.1 Å². The molecular formula is C12H16N4O3. The minimum atomic E-state index is -0.513. The molecule has 7 heteroatoms. The van der Waals surface area contributed by atoms with Gasteiger partial charge in [0.15, 0.2) is 16.9 Å². The van der Waals surface area contributed by atoms with Crippen molar-refractivity contribution in [2.75, 3.05) is 0 Å². The van der Waals surface area contributed by atoms with Gasteiger partial charge in [-0.05, 0) is 6.42 Å². The second-order valence-corrected chi connectivity index (χ2v) is 4.55. The number of imidazole rings is 1. The summed E-state index contributed by atoms with van der Waals surface area (Å²) in [5.74, 6) is -0.122. The van der Waals surface area contributed by atoms with Crippen LogP contribution in [-0.4, -0.2) is 24.5 Å². The van der Waals surface area contributed by atoms with Gasteiger partial charge in [-0.25, -0.2) is 9.78 Å². The van der Waals surface area contributed by atoms with E-state index in [-0.39, 0.29) is 12.3 Å². The third kappa shape index (κ3) is 2.11. The molecule has 0 bridgehead atoms. The van der Waals surface area contributed by atoms with Gasteiger partial charge in [0.05, 0.1) is 12.9 Å². The van der Waals surface area contributed by atoms with Gasteiger partial charge in [0.1, 0.15) is 0 Å². The molecule has 0 N–H and O–H groups in total. The number of aromatic nitrogens is 4. The molecule has 0 amide bonds. The average molecular weight is 264 g/mol. The highest BCUT2D eigenvalue weighted by Crippen LogP contribution is 2.03. The number of ketones is 1. The highest BCUT2D eigenvalue weighted by Gasteiger charge is 2.16. The molecular weight excluding hydrogens is 248 g/mol. The lowest BCUT2D eigenvalue weighted by molar-refractivity contribution is -0.119. The third-order valence-corrected chi connectivity index (χ3v) is 3.06. The Bertz CT molecular complexity index is 751. The summed E-state index contributed by atoms with van der Waals surface area (Å²) in [6.07, 6.45) is 2.53. The van der Waals surface area contributed by atoms with Gasteiger partial charge in [-0.2, -0.15) is 0 Å². The first-order chi connectivity index (χ1) is 8.97. The molecule has 2 heterocycles. The van der Waals surface area contributed by atoms with Crippen LogP contribution >= 0.6 is 0 Å². The Balaban J connectivity index is 2.68. The average Bonchev–Trinajstić information content (AvgIpc) is 2.74. The molecule has 102 valence electrons. The van der Waals surface area contributed by atoms with E-state index in [0.717, 1.165) is 4.57 Å². The Morgan fingerprint density at radius 2 is 2.00 bits per heavy atom. The zero-order chi connectivity index (χ0) is 14.2. The lowest BCUT2D eigenvalue weighted by Crippen LogP contribution is -2.41. The van der Waals surface area contributed by atoms with E-state index in [1.54, 1.807) is 11.6 Å². The lowest BCUT2D eigenvalue weighted by atomic mass is 10.2. The summed E-state index contributed by atoms with van der Waals surface area (Å²) in [6, 6.07) is 0. The molecule has 0 spiro atoms. The number of hydrogen-bond acceptors (Lipinski definition) is 4. The van der Waals surface area contributed by atoms with E-state index in [4.69, 9.17) is 0 Å². The molecule has 19 heavy (non-hydrogen) atoms. The Hall–Kier alpha value is -2.18. The number of Topliss-reactive ketones (excluding diaryl/α,β-unsaturated/α-hetero) is 1. The zero-order valence-corrected chi connectivity index (χ0v) is 11.2. The lowest BCUT2D eigenvalue weighted by Gasteiger charge is -2.07. The Morgan fingerprint density at radius 3 is 2.63 bits per heavy atom. The van der Waals surface area contributed by atoms with E-state index in [0.29, 0.717) is 24.0 Å². The van der Waals surface area contributed by atoms with Gasteiger partial charge in [0, 0.05) is 20.5 Å². The fraction of sp³-hybridized carbons (Fsp3) is 0.500. The summed E-state index contributed by atoms with van der Waals surface area (Å²) in [5.41, 5.74) is -0.328. The van der Waals surface area contributed by atoms with Crippen molar-refractivity contribution < 1.29 is 4.79 Å². The summed E-state index contributed by atoms with van der Waals surface area (Å²) < 4.78 is 3.82. The van der Waals surface area contributed by atoms with Crippen LogP contribution in [0.15, 0.2) is 15.9 Å². The first-order valence-electron chi connectivity index (χ1n) is 6.10. The molecule has 0 aliphatic carbocycles. The summed E-state index contributed by atoms with van der Waals surface area (Å²) in [6.45, 7) is 1.70.